The largest absolute Gasteiger partial charge is 0.355 e. The molecule has 4 nitrogen and oxygen atoms in total. The Morgan fingerprint density at radius 2 is 1.57 bits per heavy atom. The predicted octanol–water partition coefficient (Wildman–Crippen LogP) is 6.69. The molecule has 2 aliphatic rings. The number of aromatic amines is 2. The van der Waals surface area contributed by atoms with Crippen molar-refractivity contribution in [2.24, 2.45) is 0 Å². The minimum Gasteiger partial charge on any atom is -0.355 e. The van der Waals surface area contributed by atoms with Crippen molar-refractivity contribution in [3.05, 3.63) is 83.5 Å². The quantitative estimate of drug-likeness (QED) is 0.509. The van der Waals surface area contributed by atoms with Crippen LogP contribution in [-0.4, -0.2) is 19.9 Å². The molecule has 0 saturated heterocycles. The monoisotopic (exact) mass is 393 g/mol. The Morgan fingerprint density at radius 3 is 2.20 bits per heavy atom. The van der Waals surface area contributed by atoms with Crippen LogP contribution in [0.15, 0.2) is 55.1 Å². The second kappa shape index (κ2) is 6.99. The van der Waals surface area contributed by atoms with E-state index in [4.69, 9.17) is 11.3 Å². The van der Waals surface area contributed by atoms with Crippen molar-refractivity contribution < 1.29 is 1.37 Å². The van der Waals surface area contributed by atoms with Crippen LogP contribution < -0.4 is 0 Å². The summed E-state index contributed by atoms with van der Waals surface area (Å²) in [4.78, 5) is 16.7. The van der Waals surface area contributed by atoms with E-state index < -0.39 is 0 Å². The summed E-state index contributed by atoms with van der Waals surface area (Å²) in [5.74, 6) is 0. The van der Waals surface area contributed by atoms with Gasteiger partial charge in [-0.1, -0.05) is 19.6 Å². The third-order valence-corrected chi connectivity index (χ3v) is 5.69. The molecule has 2 aliphatic heterocycles. The van der Waals surface area contributed by atoms with Gasteiger partial charge in [-0.25, -0.2) is 9.97 Å². The zero-order valence-electron chi connectivity index (χ0n) is 18.4. The number of rotatable bonds is 2. The maximum absolute atomic E-state index is 8.71. The zero-order valence-corrected chi connectivity index (χ0v) is 17.4. The van der Waals surface area contributed by atoms with E-state index in [-0.39, 0.29) is 0 Å². The maximum atomic E-state index is 8.71. The summed E-state index contributed by atoms with van der Waals surface area (Å²) >= 11 is 0. The lowest BCUT2D eigenvalue weighted by Gasteiger charge is -2.04. The van der Waals surface area contributed by atoms with Gasteiger partial charge in [0.2, 0.25) is 0 Å². The summed E-state index contributed by atoms with van der Waals surface area (Å²) in [6.07, 6.45) is 2.61. The number of aromatic nitrogens is 4. The van der Waals surface area contributed by atoms with Gasteiger partial charge in [-0.2, -0.15) is 0 Å². The fourth-order valence-electron chi connectivity index (χ4n) is 4.15. The highest BCUT2D eigenvalue weighted by Crippen LogP contribution is 2.35. The van der Waals surface area contributed by atoms with Gasteiger partial charge < -0.3 is 9.97 Å². The Hall–Kier alpha value is -3.66. The first-order chi connectivity index (χ1) is 15.0. The van der Waals surface area contributed by atoms with Crippen molar-refractivity contribution in [2.45, 2.75) is 27.2 Å². The second-order valence-corrected chi connectivity index (χ2v) is 7.69. The summed E-state index contributed by atoms with van der Waals surface area (Å²) in [6.45, 7) is 10.2. The molecule has 5 rings (SSSR count). The number of H-pyrrole nitrogens is 2. The SMILES string of the molecule is [2H]C1=C(CC)c2nc1cc1ccc(cc3ccc(cc4nc(c2C)C(C)=C4C=C)[nH]3)[nH]1. The van der Waals surface area contributed by atoms with Crippen LogP contribution >= 0.6 is 0 Å². The van der Waals surface area contributed by atoms with Crippen LogP contribution in [-0.2, 0) is 0 Å². The van der Waals surface area contributed by atoms with Crippen LogP contribution in [0.2, 0.25) is 0 Å². The summed E-state index contributed by atoms with van der Waals surface area (Å²) in [5.41, 5.74) is 11.3. The molecule has 3 aromatic heterocycles. The van der Waals surface area contributed by atoms with Crippen LogP contribution in [0.25, 0.3) is 44.8 Å². The Morgan fingerprint density at radius 1 is 0.933 bits per heavy atom. The topological polar surface area (TPSA) is 57.4 Å². The van der Waals surface area contributed by atoms with Gasteiger partial charge in [0.15, 0.2) is 0 Å². The molecule has 0 unspecified atom stereocenters. The van der Waals surface area contributed by atoms with Crippen molar-refractivity contribution in [2.75, 3.05) is 0 Å². The molecular weight excluding hydrogens is 368 g/mol. The second-order valence-electron chi connectivity index (χ2n) is 7.69. The molecule has 148 valence electrons. The molecule has 0 fully saturated rings. The molecule has 2 N–H and O–H groups in total. The van der Waals surface area contributed by atoms with E-state index in [0.29, 0.717) is 11.7 Å². The van der Waals surface area contributed by atoms with E-state index in [9.17, 15) is 0 Å². The van der Waals surface area contributed by atoms with Gasteiger partial charge in [0, 0.05) is 33.2 Å². The fourth-order valence-corrected chi connectivity index (χ4v) is 4.15. The van der Waals surface area contributed by atoms with Crippen molar-refractivity contribution in [3.8, 4) is 0 Å². The van der Waals surface area contributed by atoms with Gasteiger partial charge in [-0.15, -0.1) is 0 Å². The number of fused-ring (bicyclic) bond motifs is 8. The smallest absolute Gasteiger partial charge is 0.0733 e. The zero-order chi connectivity index (χ0) is 21.7. The lowest BCUT2D eigenvalue weighted by atomic mass is 10.0. The van der Waals surface area contributed by atoms with Gasteiger partial charge in [-0.05, 0) is 79.9 Å². The number of hydrogen-bond donors (Lipinski definition) is 2. The summed E-state index contributed by atoms with van der Waals surface area (Å²) in [7, 11) is 0. The first-order valence-corrected chi connectivity index (χ1v) is 10.2. The standard InChI is InChI=1S/C26H24N4/c1-5-17-11-22-13-20-8-7-18(27-20)12-19-9-10-21(28-19)14-24-23(6-2)15(3)25(30-24)16(4)26(17)29-22/h6-14,27-28H,2,5H2,1,3-4H3/i11D. The Bertz CT molecular complexity index is 1460. The van der Waals surface area contributed by atoms with Crippen molar-refractivity contribution in [1.29, 1.82) is 0 Å². The van der Waals surface area contributed by atoms with Gasteiger partial charge in [0.25, 0.3) is 0 Å². The molecule has 0 radical (unpaired) electrons. The number of nitrogens with one attached hydrogen (secondary N) is 2. The molecule has 4 heteroatoms. The van der Waals surface area contributed by atoms with E-state index in [1.807, 2.05) is 31.2 Å². The molecular formula is C26H24N4. The Balaban J connectivity index is 1.96. The molecule has 5 heterocycles. The Labute approximate surface area is 177 Å². The summed E-state index contributed by atoms with van der Waals surface area (Å²) in [5, 5.41) is 0. The highest BCUT2D eigenvalue weighted by Gasteiger charge is 2.20. The predicted molar refractivity (Wildman–Crippen MR) is 127 cm³/mol. The van der Waals surface area contributed by atoms with Gasteiger partial charge >= 0.3 is 0 Å². The molecule has 0 amide bonds. The van der Waals surface area contributed by atoms with Crippen LogP contribution in [0.5, 0.6) is 0 Å². The van der Waals surface area contributed by atoms with E-state index in [2.05, 4.69) is 54.7 Å². The molecule has 8 bridgehead atoms. The van der Waals surface area contributed by atoms with Crippen molar-refractivity contribution in [3.63, 3.8) is 0 Å². The van der Waals surface area contributed by atoms with Crippen LogP contribution in [0.3, 0.4) is 0 Å². The molecule has 0 atom stereocenters. The molecule has 0 aromatic carbocycles. The normalized spacial score (nSPS) is 14.3. The minimum absolute atomic E-state index is 0.481. The van der Waals surface area contributed by atoms with E-state index in [1.54, 1.807) is 0 Å². The Kier molecular flexibility index (Phi) is 4.01. The molecule has 0 saturated carbocycles. The molecule has 3 aromatic rings. The lowest BCUT2D eigenvalue weighted by molar-refractivity contribution is 1.16. The van der Waals surface area contributed by atoms with E-state index >= 15 is 0 Å². The highest BCUT2D eigenvalue weighted by molar-refractivity contribution is 5.97. The maximum Gasteiger partial charge on any atom is 0.0733 e. The van der Waals surface area contributed by atoms with Crippen molar-refractivity contribution in [1.82, 2.24) is 19.9 Å². The molecule has 0 aliphatic carbocycles. The summed E-state index contributed by atoms with van der Waals surface area (Å²) < 4.78 is 8.71. The number of hydrogen-bond acceptors (Lipinski definition) is 2. The average Bonchev–Trinajstić information content (AvgIpc) is 3.51. The third kappa shape index (κ3) is 3.01. The van der Waals surface area contributed by atoms with Gasteiger partial charge in [0.1, 0.15) is 0 Å². The first kappa shape index (κ1) is 17.2. The first-order valence-electron chi connectivity index (χ1n) is 10.7. The van der Waals surface area contributed by atoms with E-state index in [1.165, 1.54) is 0 Å². The number of allylic oxidation sites excluding steroid dienone is 4. The average molecular weight is 394 g/mol. The lowest BCUT2D eigenvalue weighted by Crippen LogP contribution is -1.92. The summed E-state index contributed by atoms with van der Waals surface area (Å²) in [6, 6.07) is 14.7. The van der Waals surface area contributed by atoms with Crippen molar-refractivity contribution >= 4 is 44.8 Å². The molecule has 30 heavy (non-hydrogen) atoms. The van der Waals surface area contributed by atoms with Crippen LogP contribution in [0, 0.1) is 6.92 Å². The van der Waals surface area contributed by atoms with Gasteiger partial charge in [-0.3, -0.25) is 0 Å². The molecule has 0 spiro atoms. The highest BCUT2D eigenvalue weighted by atomic mass is 14.8. The van der Waals surface area contributed by atoms with E-state index in [0.717, 1.165) is 67.9 Å². The van der Waals surface area contributed by atoms with Gasteiger partial charge in [0.05, 0.1) is 24.1 Å². The number of nitrogens with zero attached hydrogens (tertiary/aromatic N) is 2. The van der Waals surface area contributed by atoms with Crippen LogP contribution in [0.4, 0.5) is 0 Å². The minimum atomic E-state index is 0.481. The fraction of sp³-hybridized carbons (Fsp3) is 0.154. The third-order valence-electron chi connectivity index (χ3n) is 5.69. The van der Waals surface area contributed by atoms with Crippen LogP contribution in [0.1, 0.15) is 50.0 Å².